The van der Waals surface area contributed by atoms with Crippen LogP contribution in [0.1, 0.15) is 36.5 Å². The third-order valence-corrected chi connectivity index (χ3v) is 5.42. The van der Waals surface area contributed by atoms with Crippen LogP contribution in [0.4, 0.5) is 0 Å². The number of hydrogen-bond donors (Lipinski definition) is 1. The molecule has 5 nitrogen and oxygen atoms in total. The summed E-state index contributed by atoms with van der Waals surface area (Å²) in [7, 11) is 1.91. The zero-order chi connectivity index (χ0) is 17.2. The lowest BCUT2D eigenvalue weighted by molar-refractivity contribution is -0.144. The van der Waals surface area contributed by atoms with Gasteiger partial charge in [-0.1, -0.05) is 18.2 Å². The maximum Gasteiger partial charge on any atom is 0.253 e. The minimum Gasteiger partial charge on any atom is -0.341 e. The van der Waals surface area contributed by atoms with Crippen molar-refractivity contribution in [3.63, 3.8) is 0 Å². The smallest absolute Gasteiger partial charge is 0.253 e. The first-order valence-corrected chi connectivity index (χ1v) is 8.83. The molecule has 2 unspecified atom stereocenters. The van der Waals surface area contributed by atoms with Crippen LogP contribution in [0.15, 0.2) is 30.3 Å². The van der Waals surface area contributed by atoms with E-state index in [1.807, 2.05) is 54.1 Å². The molecule has 5 heteroatoms. The second-order valence-corrected chi connectivity index (χ2v) is 7.32. The number of likely N-dealkylation sites (N-methyl/N-ethyl adjacent to an activating group) is 1. The van der Waals surface area contributed by atoms with Crippen molar-refractivity contribution in [2.45, 2.75) is 32.2 Å². The normalized spacial score (nSPS) is 27.1. The van der Waals surface area contributed by atoms with Crippen molar-refractivity contribution in [2.75, 3.05) is 33.2 Å². The lowest BCUT2D eigenvalue weighted by Crippen LogP contribution is -2.54. The molecule has 0 bridgehead atoms. The van der Waals surface area contributed by atoms with Gasteiger partial charge in [0.1, 0.15) is 0 Å². The van der Waals surface area contributed by atoms with Gasteiger partial charge in [0, 0.05) is 38.3 Å². The summed E-state index contributed by atoms with van der Waals surface area (Å²) >= 11 is 0. The summed E-state index contributed by atoms with van der Waals surface area (Å²) in [6.07, 6.45) is 2.72. The predicted molar refractivity (Wildman–Crippen MR) is 93.7 cm³/mol. The molecule has 1 aromatic rings. The predicted octanol–water partition coefficient (Wildman–Crippen LogP) is 1.75. The zero-order valence-corrected chi connectivity index (χ0v) is 14.6. The second kappa shape index (κ2) is 6.93. The molecule has 0 saturated carbocycles. The first-order chi connectivity index (χ1) is 11.5. The van der Waals surface area contributed by atoms with Crippen molar-refractivity contribution in [3.05, 3.63) is 35.9 Å². The van der Waals surface area contributed by atoms with Crippen LogP contribution >= 0.6 is 0 Å². The van der Waals surface area contributed by atoms with Gasteiger partial charge in [0.25, 0.3) is 5.91 Å². The number of rotatable bonds is 3. The topological polar surface area (TPSA) is 52.7 Å². The van der Waals surface area contributed by atoms with Crippen LogP contribution in [-0.2, 0) is 4.79 Å². The van der Waals surface area contributed by atoms with Crippen molar-refractivity contribution in [2.24, 2.45) is 5.41 Å². The maximum absolute atomic E-state index is 13.1. The summed E-state index contributed by atoms with van der Waals surface area (Å²) in [4.78, 5) is 29.5. The van der Waals surface area contributed by atoms with E-state index in [0.29, 0.717) is 12.1 Å². The number of piperidine rings is 1. The molecule has 0 aliphatic carbocycles. The molecule has 1 N–H and O–H groups in total. The summed E-state index contributed by atoms with van der Waals surface area (Å²) in [6.45, 7) is 5.08. The van der Waals surface area contributed by atoms with E-state index in [2.05, 4.69) is 5.32 Å². The number of benzene rings is 1. The van der Waals surface area contributed by atoms with E-state index >= 15 is 0 Å². The van der Waals surface area contributed by atoms with Gasteiger partial charge in [-0.2, -0.15) is 0 Å². The molecule has 2 aliphatic rings. The molecule has 2 heterocycles. The molecule has 0 spiro atoms. The van der Waals surface area contributed by atoms with E-state index in [0.717, 1.165) is 38.9 Å². The number of hydrogen-bond acceptors (Lipinski definition) is 3. The molecule has 2 aliphatic heterocycles. The Kier molecular flexibility index (Phi) is 4.90. The van der Waals surface area contributed by atoms with Gasteiger partial charge in [0.05, 0.1) is 5.41 Å². The zero-order valence-electron chi connectivity index (χ0n) is 14.6. The van der Waals surface area contributed by atoms with Gasteiger partial charge in [-0.05, 0) is 44.9 Å². The Labute approximate surface area is 144 Å². The molecule has 2 fully saturated rings. The molecule has 2 atom stereocenters. The van der Waals surface area contributed by atoms with Crippen LogP contribution in [0, 0.1) is 5.41 Å². The van der Waals surface area contributed by atoms with Crippen LogP contribution in [0.3, 0.4) is 0 Å². The number of nitrogens with zero attached hydrogens (tertiary/aromatic N) is 2. The molecule has 130 valence electrons. The van der Waals surface area contributed by atoms with Gasteiger partial charge in [0.2, 0.25) is 5.91 Å². The number of likely N-dealkylation sites (tertiary alicyclic amines) is 1. The van der Waals surface area contributed by atoms with E-state index in [1.165, 1.54) is 0 Å². The summed E-state index contributed by atoms with van der Waals surface area (Å²) < 4.78 is 0. The van der Waals surface area contributed by atoms with Gasteiger partial charge < -0.3 is 15.1 Å². The average Bonchev–Trinajstić information content (AvgIpc) is 3.15. The molecule has 1 aromatic carbocycles. The van der Waals surface area contributed by atoms with Gasteiger partial charge in [-0.25, -0.2) is 0 Å². The van der Waals surface area contributed by atoms with Crippen molar-refractivity contribution in [3.8, 4) is 0 Å². The monoisotopic (exact) mass is 329 g/mol. The highest BCUT2D eigenvalue weighted by Gasteiger charge is 2.42. The van der Waals surface area contributed by atoms with Crippen LogP contribution < -0.4 is 5.32 Å². The molecule has 0 radical (unpaired) electrons. The second-order valence-electron chi connectivity index (χ2n) is 7.32. The van der Waals surface area contributed by atoms with Crippen LogP contribution in [0.5, 0.6) is 0 Å². The van der Waals surface area contributed by atoms with Gasteiger partial charge in [-0.15, -0.1) is 0 Å². The van der Waals surface area contributed by atoms with E-state index < -0.39 is 5.41 Å². The quantitative estimate of drug-likeness (QED) is 0.919. The number of nitrogens with one attached hydrogen (secondary N) is 1. The fourth-order valence-electron chi connectivity index (χ4n) is 3.91. The molecule has 0 aromatic heterocycles. The minimum atomic E-state index is -0.486. The maximum atomic E-state index is 13.1. The molecule has 2 saturated heterocycles. The van der Waals surface area contributed by atoms with Gasteiger partial charge in [-0.3, -0.25) is 9.59 Å². The standard InChI is InChI=1S/C19H27N3O2/c1-19(18(24)21(2)16-9-11-20-13-16)10-6-12-22(14-19)17(23)15-7-4-3-5-8-15/h3-5,7-8,16,20H,6,9-14H2,1-2H3. The number of amides is 2. The average molecular weight is 329 g/mol. The Bertz CT molecular complexity index is 598. The highest BCUT2D eigenvalue weighted by Crippen LogP contribution is 2.33. The Morgan fingerprint density at radius 2 is 2.04 bits per heavy atom. The third-order valence-electron chi connectivity index (χ3n) is 5.42. The van der Waals surface area contributed by atoms with Crippen LogP contribution in [0.2, 0.25) is 0 Å². The summed E-state index contributed by atoms with van der Waals surface area (Å²) in [6, 6.07) is 9.61. The first-order valence-electron chi connectivity index (χ1n) is 8.83. The van der Waals surface area contributed by atoms with Gasteiger partial charge in [0.15, 0.2) is 0 Å². The highest BCUT2D eigenvalue weighted by molar-refractivity contribution is 5.95. The number of carbonyl (C=O) groups is 2. The fraction of sp³-hybridized carbons (Fsp3) is 0.579. The van der Waals surface area contributed by atoms with E-state index in [-0.39, 0.29) is 17.9 Å². The third kappa shape index (κ3) is 3.31. The fourth-order valence-corrected chi connectivity index (χ4v) is 3.91. The van der Waals surface area contributed by atoms with Crippen molar-refractivity contribution >= 4 is 11.8 Å². The van der Waals surface area contributed by atoms with Crippen molar-refractivity contribution < 1.29 is 9.59 Å². The summed E-state index contributed by atoms with van der Waals surface area (Å²) in [5, 5.41) is 3.31. The molecule has 2 amide bonds. The minimum absolute atomic E-state index is 0.0273. The lowest BCUT2D eigenvalue weighted by Gasteiger charge is -2.42. The van der Waals surface area contributed by atoms with E-state index in [1.54, 1.807) is 0 Å². The lowest BCUT2D eigenvalue weighted by atomic mass is 9.80. The number of carbonyl (C=O) groups excluding carboxylic acids is 2. The Morgan fingerprint density at radius 1 is 1.29 bits per heavy atom. The Balaban J connectivity index is 1.71. The van der Waals surface area contributed by atoms with Gasteiger partial charge >= 0.3 is 0 Å². The molecular weight excluding hydrogens is 302 g/mol. The first kappa shape index (κ1) is 17.0. The summed E-state index contributed by atoms with van der Waals surface area (Å²) in [5.41, 5.74) is 0.211. The van der Waals surface area contributed by atoms with E-state index in [9.17, 15) is 9.59 Å². The highest BCUT2D eigenvalue weighted by atomic mass is 16.2. The Morgan fingerprint density at radius 3 is 2.71 bits per heavy atom. The van der Waals surface area contributed by atoms with Crippen LogP contribution in [-0.4, -0.2) is 60.9 Å². The molecule has 3 rings (SSSR count). The SMILES string of the molecule is CN(C(=O)C1(C)CCCN(C(=O)c2ccccc2)C1)C1CCNC1. The Hall–Kier alpha value is -1.88. The van der Waals surface area contributed by atoms with Crippen molar-refractivity contribution in [1.29, 1.82) is 0 Å². The van der Waals surface area contributed by atoms with Crippen LogP contribution in [0.25, 0.3) is 0 Å². The molecule has 24 heavy (non-hydrogen) atoms. The van der Waals surface area contributed by atoms with E-state index in [4.69, 9.17) is 0 Å². The largest absolute Gasteiger partial charge is 0.341 e. The molecular formula is C19H27N3O2. The summed E-state index contributed by atoms with van der Waals surface area (Å²) in [5.74, 6) is 0.196. The van der Waals surface area contributed by atoms with Crippen molar-refractivity contribution in [1.82, 2.24) is 15.1 Å².